The average Bonchev–Trinajstić information content (AvgIpc) is 2.79. The quantitative estimate of drug-likeness (QED) is 0.770. The highest BCUT2D eigenvalue weighted by molar-refractivity contribution is 6.11. The largest absolute Gasteiger partial charge is 0.495 e. The number of rotatable bonds is 4. The highest BCUT2D eigenvalue weighted by Crippen LogP contribution is 2.37. The molecule has 1 saturated heterocycles. The molecule has 0 N–H and O–H groups in total. The smallest absolute Gasteiger partial charge is 0.256 e. The van der Waals surface area contributed by atoms with Crippen LogP contribution in [-0.2, 0) is 4.79 Å². The number of benzene rings is 2. The van der Waals surface area contributed by atoms with Crippen LogP contribution in [-0.4, -0.2) is 50.6 Å². The molecule has 0 radical (unpaired) electrons. The van der Waals surface area contributed by atoms with Gasteiger partial charge in [0.05, 0.1) is 18.4 Å². The number of methoxy groups -OCH3 is 1. The fourth-order valence-electron chi connectivity index (χ4n) is 4.25. The summed E-state index contributed by atoms with van der Waals surface area (Å²) in [5.74, 6) is 0.927. The van der Waals surface area contributed by atoms with Gasteiger partial charge in [0, 0.05) is 50.2 Å². The summed E-state index contributed by atoms with van der Waals surface area (Å²) >= 11 is 0. The maximum Gasteiger partial charge on any atom is 0.256 e. The van der Waals surface area contributed by atoms with Gasteiger partial charge in [-0.2, -0.15) is 0 Å². The minimum atomic E-state index is 0.0604. The molecule has 2 aromatic rings. The number of anilines is 2. The van der Waals surface area contributed by atoms with Crippen LogP contribution in [0.4, 0.5) is 11.4 Å². The molecular weight excluding hydrogens is 374 g/mol. The summed E-state index contributed by atoms with van der Waals surface area (Å²) in [5.41, 5.74) is 5.93. The molecular formula is C25H29N3O2. The minimum absolute atomic E-state index is 0.0604. The van der Waals surface area contributed by atoms with E-state index in [1.807, 2.05) is 29.3 Å². The van der Waals surface area contributed by atoms with E-state index >= 15 is 0 Å². The Balaban J connectivity index is 1.52. The second-order valence-electron chi connectivity index (χ2n) is 7.78. The minimum Gasteiger partial charge on any atom is -0.495 e. The molecule has 0 unspecified atom stereocenters. The number of para-hydroxylation sites is 2. The van der Waals surface area contributed by atoms with Crippen molar-refractivity contribution >= 4 is 22.9 Å². The lowest BCUT2D eigenvalue weighted by molar-refractivity contribution is -0.127. The highest BCUT2D eigenvalue weighted by Gasteiger charge is 2.30. The predicted octanol–water partition coefficient (Wildman–Crippen LogP) is 4.09. The average molecular weight is 404 g/mol. The Bertz CT molecular complexity index is 1000. The fourth-order valence-corrected chi connectivity index (χ4v) is 4.25. The van der Waals surface area contributed by atoms with Crippen LogP contribution in [0, 0.1) is 6.92 Å². The lowest BCUT2D eigenvalue weighted by Gasteiger charge is -2.38. The van der Waals surface area contributed by atoms with Gasteiger partial charge in [-0.1, -0.05) is 30.3 Å². The van der Waals surface area contributed by atoms with Gasteiger partial charge in [0.15, 0.2) is 0 Å². The van der Waals surface area contributed by atoms with E-state index in [1.54, 1.807) is 7.11 Å². The highest BCUT2D eigenvalue weighted by atomic mass is 16.5. The molecule has 0 bridgehead atoms. The summed E-state index contributed by atoms with van der Waals surface area (Å²) in [7, 11) is 1.69. The van der Waals surface area contributed by atoms with E-state index in [0.717, 1.165) is 47.9 Å². The van der Waals surface area contributed by atoms with Gasteiger partial charge in [-0.3, -0.25) is 4.79 Å². The predicted molar refractivity (Wildman–Crippen MR) is 123 cm³/mol. The number of ether oxygens (including phenoxy) is 1. The van der Waals surface area contributed by atoms with E-state index in [9.17, 15) is 4.79 Å². The molecule has 1 amide bonds. The van der Waals surface area contributed by atoms with Crippen molar-refractivity contribution in [3.63, 3.8) is 0 Å². The number of carbonyl (C=O) groups is 1. The number of nitrogens with zero attached hydrogens (tertiary/aromatic N) is 3. The van der Waals surface area contributed by atoms with Crippen molar-refractivity contribution in [3.05, 3.63) is 71.9 Å². The van der Waals surface area contributed by atoms with Crippen molar-refractivity contribution in [1.82, 2.24) is 4.90 Å². The maximum absolute atomic E-state index is 13.4. The van der Waals surface area contributed by atoms with Gasteiger partial charge in [0.1, 0.15) is 5.75 Å². The molecule has 0 aliphatic carbocycles. The molecule has 2 aromatic carbocycles. The molecule has 156 valence electrons. The Labute approximate surface area is 178 Å². The zero-order valence-corrected chi connectivity index (χ0v) is 18.0. The third-order valence-electron chi connectivity index (χ3n) is 5.96. The molecule has 0 atom stereocenters. The fraction of sp³-hybridized carbons (Fsp3) is 0.320. The Morgan fingerprint density at radius 2 is 1.80 bits per heavy atom. The van der Waals surface area contributed by atoms with E-state index in [1.165, 1.54) is 5.56 Å². The number of fused-ring (bicyclic) bond motifs is 1. The number of piperazine rings is 1. The lowest BCUT2D eigenvalue weighted by Crippen LogP contribution is -2.49. The zero-order chi connectivity index (χ0) is 21.3. The van der Waals surface area contributed by atoms with Crippen LogP contribution in [0.2, 0.25) is 0 Å². The third kappa shape index (κ3) is 3.56. The van der Waals surface area contributed by atoms with Crippen LogP contribution >= 0.6 is 0 Å². The normalized spacial score (nSPS) is 16.3. The first-order valence-electron chi connectivity index (χ1n) is 10.5. The summed E-state index contributed by atoms with van der Waals surface area (Å²) in [4.78, 5) is 19.8. The van der Waals surface area contributed by atoms with Crippen LogP contribution in [0.15, 0.2) is 60.8 Å². The second-order valence-corrected chi connectivity index (χ2v) is 7.78. The number of hydrogen-bond donors (Lipinski definition) is 0. The van der Waals surface area contributed by atoms with Crippen molar-refractivity contribution in [3.8, 4) is 5.75 Å². The molecule has 2 aliphatic heterocycles. The van der Waals surface area contributed by atoms with E-state index < -0.39 is 0 Å². The van der Waals surface area contributed by atoms with Gasteiger partial charge in [-0.05, 0) is 43.7 Å². The molecule has 30 heavy (non-hydrogen) atoms. The summed E-state index contributed by atoms with van der Waals surface area (Å²) in [6.07, 6.45) is 1.97. The Hall–Kier alpha value is -3.21. The molecule has 2 aliphatic rings. The van der Waals surface area contributed by atoms with Crippen molar-refractivity contribution in [2.45, 2.75) is 13.8 Å². The van der Waals surface area contributed by atoms with Gasteiger partial charge in [-0.15, -0.1) is 0 Å². The van der Waals surface area contributed by atoms with Crippen molar-refractivity contribution in [2.75, 3.05) is 49.6 Å². The van der Waals surface area contributed by atoms with Crippen LogP contribution in [0.25, 0.3) is 5.57 Å². The SMILES string of the molecule is C=C1C(C(=O)N2CCN(c3ccccc3OC)CC2)=CN(CC)c2ccc(C)cc21. The first-order valence-corrected chi connectivity index (χ1v) is 10.5. The van der Waals surface area contributed by atoms with E-state index in [0.29, 0.717) is 18.7 Å². The Morgan fingerprint density at radius 1 is 1.07 bits per heavy atom. The summed E-state index contributed by atoms with van der Waals surface area (Å²) < 4.78 is 5.50. The van der Waals surface area contributed by atoms with Gasteiger partial charge >= 0.3 is 0 Å². The molecule has 0 aromatic heterocycles. The molecule has 5 heteroatoms. The van der Waals surface area contributed by atoms with Gasteiger partial charge in [-0.25, -0.2) is 0 Å². The lowest BCUT2D eigenvalue weighted by atomic mass is 9.92. The molecule has 0 spiro atoms. The Kier molecular flexibility index (Phi) is 5.53. The van der Waals surface area contributed by atoms with Gasteiger partial charge in [0.2, 0.25) is 0 Å². The zero-order valence-electron chi connectivity index (χ0n) is 18.0. The van der Waals surface area contributed by atoms with Gasteiger partial charge in [0.25, 0.3) is 5.91 Å². The van der Waals surface area contributed by atoms with Crippen LogP contribution in [0.1, 0.15) is 18.1 Å². The molecule has 2 heterocycles. The van der Waals surface area contributed by atoms with E-state index in [4.69, 9.17) is 4.74 Å². The van der Waals surface area contributed by atoms with Crippen LogP contribution in [0.5, 0.6) is 5.75 Å². The summed E-state index contributed by atoms with van der Waals surface area (Å²) in [6.45, 7) is 12.2. The molecule has 1 fully saturated rings. The second kappa shape index (κ2) is 8.27. The molecule has 5 nitrogen and oxygen atoms in total. The van der Waals surface area contributed by atoms with E-state index in [-0.39, 0.29) is 5.91 Å². The van der Waals surface area contributed by atoms with Gasteiger partial charge < -0.3 is 19.4 Å². The topological polar surface area (TPSA) is 36.0 Å². The third-order valence-corrected chi connectivity index (χ3v) is 5.96. The van der Waals surface area contributed by atoms with Crippen LogP contribution in [0.3, 0.4) is 0 Å². The number of amides is 1. The molecule has 4 rings (SSSR count). The number of hydrogen-bond acceptors (Lipinski definition) is 4. The summed E-state index contributed by atoms with van der Waals surface area (Å²) in [5, 5.41) is 0. The monoisotopic (exact) mass is 403 g/mol. The van der Waals surface area contributed by atoms with Crippen molar-refractivity contribution in [2.24, 2.45) is 0 Å². The maximum atomic E-state index is 13.4. The summed E-state index contributed by atoms with van der Waals surface area (Å²) in [6, 6.07) is 14.4. The van der Waals surface area contributed by atoms with Crippen molar-refractivity contribution in [1.29, 1.82) is 0 Å². The van der Waals surface area contributed by atoms with Crippen molar-refractivity contribution < 1.29 is 9.53 Å². The first kappa shape index (κ1) is 20.1. The van der Waals surface area contributed by atoms with Crippen LogP contribution < -0.4 is 14.5 Å². The standard InChI is InChI=1S/C25H29N3O2/c1-5-26-17-21(19(3)20-16-18(2)10-11-22(20)26)25(29)28-14-12-27(13-15-28)23-8-6-7-9-24(23)30-4/h6-11,16-17H,3,5,12-15H2,1-2,4H3. The number of carbonyl (C=O) groups excluding carboxylic acids is 1. The first-order chi connectivity index (χ1) is 14.5. The molecule has 0 saturated carbocycles. The Morgan fingerprint density at radius 3 is 2.50 bits per heavy atom. The van der Waals surface area contributed by atoms with E-state index in [2.05, 4.69) is 54.5 Å². The number of aryl methyl sites for hydroxylation is 1.